The molecule has 12 heavy (non-hydrogen) atoms. The van der Waals surface area contributed by atoms with Crippen molar-refractivity contribution >= 4 is 0 Å². The van der Waals surface area contributed by atoms with Gasteiger partial charge in [-0.2, -0.15) is 0 Å². The lowest BCUT2D eigenvalue weighted by molar-refractivity contribution is 0.324. The molecule has 2 heteroatoms. The molecule has 0 rings (SSSR count). The van der Waals surface area contributed by atoms with Crippen molar-refractivity contribution in [2.45, 2.75) is 52.6 Å². The molecule has 0 amide bonds. The van der Waals surface area contributed by atoms with Gasteiger partial charge in [-0.1, -0.05) is 13.8 Å². The molecule has 1 unspecified atom stereocenters. The smallest absolute Gasteiger partial charge is 0.0139 e. The number of rotatable bonds is 5. The minimum atomic E-state index is 0.179. The van der Waals surface area contributed by atoms with E-state index in [0.29, 0.717) is 5.92 Å². The number of nitrogens with one attached hydrogen (secondary N) is 1. The van der Waals surface area contributed by atoms with E-state index in [-0.39, 0.29) is 11.6 Å². The summed E-state index contributed by atoms with van der Waals surface area (Å²) >= 11 is 0. The van der Waals surface area contributed by atoms with E-state index in [0.717, 1.165) is 13.0 Å². The molecule has 1 atom stereocenters. The highest BCUT2D eigenvalue weighted by molar-refractivity contribution is 4.81. The second-order valence-corrected chi connectivity index (χ2v) is 4.84. The Morgan fingerprint density at radius 3 is 2.08 bits per heavy atom. The minimum Gasteiger partial charge on any atom is -0.328 e. The third kappa shape index (κ3) is 6.62. The van der Waals surface area contributed by atoms with Crippen LogP contribution in [0, 0.1) is 5.92 Å². The predicted octanol–water partition coefficient (Wildman–Crippen LogP) is 1.75. The molecule has 0 saturated heterocycles. The molecule has 0 fully saturated rings. The van der Waals surface area contributed by atoms with Gasteiger partial charge in [0.1, 0.15) is 0 Å². The second kappa shape index (κ2) is 4.83. The van der Waals surface area contributed by atoms with Gasteiger partial charge in [-0.3, -0.25) is 0 Å². The van der Waals surface area contributed by atoms with Crippen LogP contribution in [0.15, 0.2) is 0 Å². The molecule has 3 N–H and O–H groups in total. The van der Waals surface area contributed by atoms with Gasteiger partial charge in [-0.15, -0.1) is 0 Å². The average Bonchev–Trinajstić information content (AvgIpc) is 1.81. The summed E-state index contributed by atoms with van der Waals surface area (Å²) in [5.41, 5.74) is 5.92. The summed E-state index contributed by atoms with van der Waals surface area (Å²) in [5.74, 6) is 0.706. The van der Waals surface area contributed by atoms with Gasteiger partial charge in [0.25, 0.3) is 0 Å². The fourth-order valence-corrected chi connectivity index (χ4v) is 1.36. The zero-order valence-corrected chi connectivity index (χ0v) is 9.15. The molecule has 0 spiro atoms. The molecule has 0 bridgehead atoms. The van der Waals surface area contributed by atoms with Crippen LogP contribution in [-0.2, 0) is 0 Å². The molecule has 0 aliphatic rings. The molecule has 0 saturated carbocycles. The quantitative estimate of drug-likeness (QED) is 0.663. The molecule has 0 heterocycles. The van der Waals surface area contributed by atoms with Crippen LogP contribution in [0.5, 0.6) is 0 Å². The van der Waals surface area contributed by atoms with Crippen molar-refractivity contribution in [2.24, 2.45) is 11.7 Å². The third-order valence-corrected chi connectivity index (χ3v) is 1.82. The third-order valence-electron chi connectivity index (χ3n) is 1.82. The SMILES string of the molecule is CC(C)CNC(C)(C)CC(C)N. The van der Waals surface area contributed by atoms with Gasteiger partial charge in [-0.25, -0.2) is 0 Å². The highest BCUT2D eigenvalue weighted by Crippen LogP contribution is 2.10. The van der Waals surface area contributed by atoms with Crippen LogP contribution in [0.2, 0.25) is 0 Å². The van der Waals surface area contributed by atoms with Crippen molar-refractivity contribution in [3.05, 3.63) is 0 Å². The molecule has 0 aliphatic heterocycles. The monoisotopic (exact) mass is 172 g/mol. The van der Waals surface area contributed by atoms with Crippen molar-refractivity contribution in [1.29, 1.82) is 0 Å². The summed E-state index contributed by atoms with van der Waals surface area (Å²) in [6, 6.07) is 0.277. The Labute approximate surface area is 76.9 Å². The highest BCUT2D eigenvalue weighted by atomic mass is 15.0. The van der Waals surface area contributed by atoms with Crippen molar-refractivity contribution in [3.8, 4) is 0 Å². The number of nitrogens with two attached hydrogens (primary N) is 1. The summed E-state index contributed by atoms with van der Waals surface area (Å²) in [7, 11) is 0. The molecule has 0 aromatic rings. The van der Waals surface area contributed by atoms with Crippen molar-refractivity contribution < 1.29 is 0 Å². The maximum absolute atomic E-state index is 5.74. The largest absolute Gasteiger partial charge is 0.328 e. The topological polar surface area (TPSA) is 38.0 Å². The summed E-state index contributed by atoms with van der Waals surface area (Å²) in [6.45, 7) is 12.0. The Morgan fingerprint density at radius 1 is 1.25 bits per heavy atom. The molecule has 0 radical (unpaired) electrons. The van der Waals surface area contributed by atoms with E-state index in [9.17, 15) is 0 Å². The Hall–Kier alpha value is -0.0800. The van der Waals surface area contributed by atoms with E-state index >= 15 is 0 Å². The first-order valence-corrected chi connectivity index (χ1v) is 4.84. The van der Waals surface area contributed by atoms with Crippen molar-refractivity contribution in [2.75, 3.05) is 6.54 Å². The molecule has 0 aromatic carbocycles. The maximum atomic E-state index is 5.74. The van der Waals surface area contributed by atoms with Crippen LogP contribution in [0.3, 0.4) is 0 Å². The normalized spacial score (nSPS) is 15.2. The highest BCUT2D eigenvalue weighted by Gasteiger charge is 2.18. The molecule has 0 aromatic heterocycles. The van der Waals surface area contributed by atoms with E-state index in [1.165, 1.54) is 0 Å². The van der Waals surface area contributed by atoms with E-state index in [4.69, 9.17) is 5.73 Å². The molecule has 74 valence electrons. The van der Waals surface area contributed by atoms with E-state index in [1.807, 2.05) is 0 Å². The molecule has 0 aliphatic carbocycles. The zero-order chi connectivity index (χ0) is 9.78. The Morgan fingerprint density at radius 2 is 1.75 bits per heavy atom. The van der Waals surface area contributed by atoms with Crippen LogP contribution in [0.4, 0.5) is 0 Å². The van der Waals surface area contributed by atoms with Crippen molar-refractivity contribution in [1.82, 2.24) is 5.32 Å². The molecular formula is C10H24N2. The first-order chi connectivity index (χ1) is 5.33. The number of hydrogen-bond donors (Lipinski definition) is 2. The second-order valence-electron chi connectivity index (χ2n) is 4.84. The Kier molecular flexibility index (Phi) is 4.80. The van der Waals surface area contributed by atoms with Crippen LogP contribution >= 0.6 is 0 Å². The zero-order valence-electron chi connectivity index (χ0n) is 9.15. The van der Waals surface area contributed by atoms with E-state index in [1.54, 1.807) is 0 Å². The van der Waals surface area contributed by atoms with Gasteiger partial charge in [0.05, 0.1) is 0 Å². The van der Waals surface area contributed by atoms with Gasteiger partial charge in [0, 0.05) is 11.6 Å². The minimum absolute atomic E-state index is 0.179. The Balaban J connectivity index is 3.71. The van der Waals surface area contributed by atoms with Crippen LogP contribution in [0.25, 0.3) is 0 Å². The first kappa shape index (κ1) is 11.9. The summed E-state index contributed by atoms with van der Waals surface area (Å²) in [4.78, 5) is 0. The van der Waals surface area contributed by atoms with Gasteiger partial charge in [0.15, 0.2) is 0 Å². The van der Waals surface area contributed by atoms with Gasteiger partial charge in [0.2, 0.25) is 0 Å². The fourth-order valence-electron chi connectivity index (χ4n) is 1.36. The van der Waals surface area contributed by atoms with Gasteiger partial charge in [-0.05, 0) is 39.7 Å². The lowest BCUT2D eigenvalue weighted by atomic mass is 9.96. The van der Waals surface area contributed by atoms with Crippen LogP contribution < -0.4 is 11.1 Å². The summed E-state index contributed by atoms with van der Waals surface area (Å²) < 4.78 is 0. The summed E-state index contributed by atoms with van der Waals surface area (Å²) in [5, 5.41) is 3.51. The van der Waals surface area contributed by atoms with E-state index < -0.39 is 0 Å². The average molecular weight is 172 g/mol. The van der Waals surface area contributed by atoms with Crippen LogP contribution in [-0.4, -0.2) is 18.1 Å². The van der Waals surface area contributed by atoms with Gasteiger partial charge < -0.3 is 11.1 Å². The fraction of sp³-hybridized carbons (Fsp3) is 1.00. The predicted molar refractivity (Wildman–Crippen MR) is 55.2 cm³/mol. The lowest BCUT2D eigenvalue weighted by Gasteiger charge is -2.29. The first-order valence-electron chi connectivity index (χ1n) is 4.84. The van der Waals surface area contributed by atoms with Crippen LogP contribution in [0.1, 0.15) is 41.0 Å². The maximum Gasteiger partial charge on any atom is 0.0139 e. The Bertz CT molecular complexity index is 117. The van der Waals surface area contributed by atoms with Crippen molar-refractivity contribution in [3.63, 3.8) is 0 Å². The summed E-state index contributed by atoms with van der Waals surface area (Å²) in [6.07, 6.45) is 1.03. The van der Waals surface area contributed by atoms with E-state index in [2.05, 4.69) is 39.9 Å². The number of hydrogen-bond acceptors (Lipinski definition) is 2. The molecule has 2 nitrogen and oxygen atoms in total. The molecular weight excluding hydrogens is 148 g/mol. The van der Waals surface area contributed by atoms with Gasteiger partial charge >= 0.3 is 0 Å². The lowest BCUT2D eigenvalue weighted by Crippen LogP contribution is -2.44. The standard InChI is InChI=1S/C10H24N2/c1-8(2)7-12-10(4,5)6-9(3)11/h8-9,12H,6-7,11H2,1-5H3.